The molecule has 0 amide bonds. The van der Waals surface area contributed by atoms with Gasteiger partial charge in [-0.3, -0.25) is 14.2 Å². The molecule has 0 atom stereocenters. The van der Waals surface area contributed by atoms with Crippen molar-refractivity contribution in [1.82, 2.24) is 9.55 Å². The lowest BCUT2D eigenvalue weighted by atomic mass is 10.1. The van der Waals surface area contributed by atoms with Gasteiger partial charge >= 0.3 is 0 Å². The van der Waals surface area contributed by atoms with E-state index in [4.69, 9.17) is 16.0 Å². The maximum absolute atomic E-state index is 13.3. The predicted octanol–water partition coefficient (Wildman–Crippen LogP) is 5.84. The summed E-state index contributed by atoms with van der Waals surface area (Å²) < 4.78 is 7.25. The van der Waals surface area contributed by atoms with E-state index in [0.29, 0.717) is 38.3 Å². The number of carbonyl (C=O) groups is 1. The number of carbonyl (C=O) groups excluding carboxylic acids is 1. The first kappa shape index (κ1) is 20.7. The number of rotatable bonds is 7. The molecule has 0 spiro atoms. The summed E-state index contributed by atoms with van der Waals surface area (Å²) in [6.45, 7) is 5.91. The first-order valence-corrected chi connectivity index (χ1v) is 11.3. The number of Topliss-reactive ketones (excluding diaryl/α,β-unsaturated/α-hetero) is 1. The molecular weight excluding hydrogens is 440 g/mol. The molecule has 0 N–H and O–H groups in total. The number of benzene rings is 1. The zero-order valence-electron chi connectivity index (χ0n) is 16.1. The van der Waals surface area contributed by atoms with Crippen molar-refractivity contribution in [2.45, 2.75) is 18.6 Å². The van der Waals surface area contributed by atoms with Crippen molar-refractivity contribution in [2.75, 3.05) is 5.75 Å². The highest BCUT2D eigenvalue weighted by molar-refractivity contribution is 7.99. The van der Waals surface area contributed by atoms with E-state index < -0.39 is 0 Å². The molecule has 4 rings (SSSR count). The zero-order chi connectivity index (χ0) is 21.3. The number of aryl methyl sites for hydroxylation is 1. The SMILES string of the molecule is C=CCn1c(SCC(=O)c2ccc(Cl)cc2)nc2scc(-c3ccc(C)o3)c2c1=O. The van der Waals surface area contributed by atoms with Gasteiger partial charge in [0.15, 0.2) is 10.9 Å². The Hall–Kier alpha value is -2.61. The van der Waals surface area contributed by atoms with E-state index in [2.05, 4.69) is 11.6 Å². The first-order chi connectivity index (χ1) is 14.5. The number of furan rings is 1. The number of nitrogens with zero attached hydrogens (tertiary/aromatic N) is 2. The number of thioether (sulfide) groups is 1. The van der Waals surface area contributed by atoms with Gasteiger partial charge in [0.1, 0.15) is 16.4 Å². The van der Waals surface area contributed by atoms with Crippen LogP contribution in [0.3, 0.4) is 0 Å². The number of fused-ring (bicyclic) bond motifs is 1. The van der Waals surface area contributed by atoms with Crippen LogP contribution < -0.4 is 5.56 Å². The van der Waals surface area contributed by atoms with Crippen LogP contribution in [0.2, 0.25) is 5.02 Å². The van der Waals surface area contributed by atoms with Crippen LogP contribution >= 0.6 is 34.7 Å². The molecule has 8 heteroatoms. The average Bonchev–Trinajstić information content (AvgIpc) is 3.35. The predicted molar refractivity (Wildman–Crippen MR) is 123 cm³/mol. The lowest BCUT2D eigenvalue weighted by Gasteiger charge is -2.10. The van der Waals surface area contributed by atoms with Gasteiger partial charge in [-0.2, -0.15) is 0 Å². The average molecular weight is 457 g/mol. The number of halogens is 1. The minimum absolute atomic E-state index is 0.0610. The van der Waals surface area contributed by atoms with Gasteiger partial charge in [-0.25, -0.2) is 4.98 Å². The standard InChI is InChI=1S/C22H17ClN2O3S2/c1-3-10-25-21(27)19-16(18-9-4-13(2)28-18)11-29-20(19)24-22(25)30-12-17(26)14-5-7-15(23)8-6-14/h3-9,11H,1,10,12H2,2H3. The third-order valence-electron chi connectivity index (χ3n) is 4.47. The van der Waals surface area contributed by atoms with Crippen LogP contribution in [0.15, 0.2) is 68.8 Å². The molecular formula is C22H17ClN2O3S2. The van der Waals surface area contributed by atoms with Crippen molar-refractivity contribution < 1.29 is 9.21 Å². The Kier molecular flexibility index (Phi) is 5.94. The molecule has 3 heterocycles. The van der Waals surface area contributed by atoms with Crippen LogP contribution in [0.1, 0.15) is 16.1 Å². The molecule has 0 radical (unpaired) electrons. The molecule has 0 aliphatic rings. The molecule has 30 heavy (non-hydrogen) atoms. The molecule has 3 aromatic heterocycles. The summed E-state index contributed by atoms with van der Waals surface area (Å²) in [5, 5.41) is 3.46. The largest absolute Gasteiger partial charge is 0.461 e. The fraction of sp³-hybridized carbons (Fsp3) is 0.136. The summed E-state index contributed by atoms with van der Waals surface area (Å²) in [6, 6.07) is 10.5. The highest BCUT2D eigenvalue weighted by Gasteiger charge is 2.19. The lowest BCUT2D eigenvalue weighted by Crippen LogP contribution is -2.23. The Morgan fingerprint density at radius 2 is 2.07 bits per heavy atom. The molecule has 1 aromatic carbocycles. The fourth-order valence-corrected chi connectivity index (χ4v) is 5.01. The molecule has 152 valence electrons. The summed E-state index contributed by atoms with van der Waals surface area (Å²) in [5.41, 5.74) is 1.12. The van der Waals surface area contributed by atoms with Gasteiger partial charge in [0.2, 0.25) is 0 Å². The maximum Gasteiger partial charge on any atom is 0.263 e. The number of allylic oxidation sites excluding steroid dienone is 1. The number of hydrogen-bond donors (Lipinski definition) is 0. The molecule has 0 saturated heterocycles. The van der Waals surface area contributed by atoms with Gasteiger partial charge in [0.05, 0.1) is 11.1 Å². The third-order valence-corrected chi connectivity index (χ3v) is 6.58. The van der Waals surface area contributed by atoms with E-state index in [1.54, 1.807) is 34.9 Å². The Labute approximate surface area is 186 Å². The second-order valence-electron chi connectivity index (χ2n) is 6.56. The zero-order valence-corrected chi connectivity index (χ0v) is 18.4. The Balaban J connectivity index is 1.70. The molecule has 0 unspecified atom stereocenters. The summed E-state index contributed by atoms with van der Waals surface area (Å²) in [6.07, 6.45) is 1.64. The summed E-state index contributed by atoms with van der Waals surface area (Å²) >= 11 is 8.51. The van der Waals surface area contributed by atoms with E-state index in [9.17, 15) is 9.59 Å². The first-order valence-electron chi connectivity index (χ1n) is 9.09. The fourth-order valence-electron chi connectivity index (χ4n) is 3.02. The maximum atomic E-state index is 13.3. The van der Waals surface area contributed by atoms with E-state index in [1.807, 2.05) is 24.4 Å². The second kappa shape index (κ2) is 8.63. The van der Waals surface area contributed by atoms with Crippen LogP contribution in [0.4, 0.5) is 0 Å². The van der Waals surface area contributed by atoms with Crippen molar-refractivity contribution in [3.8, 4) is 11.3 Å². The Bertz CT molecular complexity index is 1300. The highest BCUT2D eigenvalue weighted by atomic mass is 35.5. The van der Waals surface area contributed by atoms with Crippen molar-refractivity contribution in [3.05, 3.63) is 81.1 Å². The van der Waals surface area contributed by atoms with Crippen molar-refractivity contribution in [3.63, 3.8) is 0 Å². The number of hydrogen-bond acceptors (Lipinski definition) is 6. The minimum Gasteiger partial charge on any atom is -0.461 e. The van der Waals surface area contributed by atoms with E-state index >= 15 is 0 Å². The molecule has 0 saturated carbocycles. The molecule has 0 aliphatic heterocycles. The normalized spacial score (nSPS) is 11.1. The number of aromatic nitrogens is 2. The van der Waals surface area contributed by atoms with Crippen molar-refractivity contribution in [2.24, 2.45) is 0 Å². The van der Waals surface area contributed by atoms with Crippen LogP contribution in [0, 0.1) is 6.92 Å². The quantitative estimate of drug-likeness (QED) is 0.151. The van der Waals surface area contributed by atoms with Crippen LogP contribution in [-0.2, 0) is 6.54 Å². The summed E-state index contributed by atoms with van der Waals surface area (Å²) in [5.74, 6) is 1.51. The van der Waals surface area contributed by atoms with Gasteiger partial charge in [0.25, 0.3) is 5.56 Å². The van der Waals surface area contributed by atoms with Crippen molar-refractivity contribution in [1.29, 1.82) is 0 Å². The summed E-state index contributed by atoms with van der Waals surface area (Å²) in [7, 11) is 0. The highest BCUT2D eigenvalue weighted by Crippen LogP contribution is 2.33. The molecule has 0 aliphatic carbocycles. The minimum atomic E-state index is -0.174. The van der Waals surface area contributed by atoms with E-state index in [1.165, 1.54) is 23.1 Å². The van der Waals surface area contributed by atoms with E-state index in [-0.39, 0.29) is 17.1 Å². The van der Waals surface area contributed by atoms with Crippen LogP contribution in [0.5, 0.6) is 0 Å². The number of thiophene rings is 1. The van der Waals surface area contributed by atoms with Gasteiger partial charge < -0.3 is 4.42 Å². The summed E-state index contributed by atoms with van der Waals surface area (Å²) in [4.78, 5) is 31.1. The van der Waals surface area contributed by atoms with Crippen LogP contribution in [-0.4, -0.2) is 21.1 Å². The van der Waals surface area contributed by atoms with E-state index in [0.717, 1.165) is 11.3 Å². The number of ketones is 1. The van der Waals surface area contributed by atoms with Gasteiger partial charge in [-0.1, -0.05) is 29.4 Å². The smallest absolute Gasteiger partial charge is 0.263 e. The van der Waals surface area contributed by atoms with Gasteiger partial charge in [-0.05, 0) is 43.3 Å². The van der Waals surface area contributed by atoms with Crippen molar-refractivity contribution >= 4 is 50.7 Å². The third kappa shape index (κ3) is 4.01. The monoisotopic (exact) mass is 456 g/mol. The molecule has 0 bridgehead atoms. The molecule has 0 fully saturated rings. The lowest BCUT2D eigenvalue weighted by molar-refractivity contribution is 0.102. The molecule has 5 nitrogen and oxygen atoms in total. The van der Waals surface area contributed by atoms with Gasteiger partial charge in [0, 0.05) is 28.1 Å². The second-order valence-corrected chi connectivity index (χ2v) is 8.79. The topological polar surface area (TPSA) is 65.1 Å². The molecule has 4 aromatic rings. The Morgan fingerprint density at radius 3 is 2.73 bits per heavy atom. The van der Waals surface area contributed by atoms with Crippen LogP contribution in [0.25, 0.3) is 21.5 Å². The Morgan fingerprint density at radius 1 is 1.30 bits per heavy atom. The van der Waals surface area contributed by atoms with Gasteiger partial charge in [-0.15, -0.1) is 17.9 Å².